The zero-order valence-corrected chi connectivity index (χ0v) is 11.5. The highest BCUT2D eigenvalue weighted by molar-refractivity contribution is 6.32. The predicted octanol–water partition coefficient (Wildman–Crippen LogP) is 3.25. The van der Waals surface area contributed by atoms with E-state index in [1.807, 2.05) is 13.8 Å². The van der Waals surface area contributed by atoms with E-state index in [4.69, 9.17) is 23.2 Å². The zero-order valence-electron chi connectivity index (χ0n) is 10.0. The van der Waals surface area contributed by atoms with E-state index in [0.717, 1.165) is 0 Å². The zero-order chi connectivity index (χ0) is 13.3. The fourth-order valence-corrected chi connectivity index (χ4v) is 2.21. The number of aliphatic hydroxyl groups excluding tert-OH is 1. The highest BCUT2D eigenvalue weighted by Gasteiger charge is 2.23. The summed E-state index contributed by atoms with van der Waals surface area (Å²) in [5, 5.41) is 15.3. The van der Waals surface area contributed by atoms with Crippen LogP contribution in [-0.2, 0) is 0 Å². The average molecular weight is 286 g/mol. The van der Waals surface area contributed by atoms with Crippen LogP contribution < -0.4 is 0 Å². The Morgan fingerprint density at radius 3 is 2.61 bits per heavy atom. The van der Waals surface area contributed by atoms with Gasteiger partial charge in [0, 0.05) is 12.2 Å². The van der Waals surface area contributed by atoms with Gasteiger partial charge in [0.25, 0.3) is 0 Å². The van der Waals surface area contributed by atoms with Crippen LogP contribution in [0.1, 0.15) is 37.4 Å². The monoisotopic (exact) mass is 285 g/mol. The van der Waals surface area contributed by atoms with E-state index in [0.29, 0.717) is 21.4 Å². The lowest BCUT2D eigenvalue weighted by Gasteiger charge is -2.16. The summed E-state index contributed by atoms with van der Waals surface area (Å²) in [6, 6.07) is 3.47. The summed E-state index contributed by atoms with van der Waals surface area (Å²) in [6.07, 6.45) is 2.10. The summed E-state index contributed by atoms with van der Waals surface area (Å²) in [7, 11) is 0. The van der Waals surface area contributed by atoms with Crippen LogP contribution in [0, 0.1) is 0 Å². The van der Waals surface area contributed by atoms with E-state index in [2.05, 4.69) is 10.1 Å². The van der Waals surface area contributed by atoms with E-state index < -0.39 is 6.10 Å². The second kappa shape index (κ2) is 5.26. The molecule has 1 N–H and O–H groups in total. The first kappa shape index (κ1) is 13.3. The van der Waals surface area contributed by atoms with Gasteiger partial charge in [0.15, 0.2) is 0 Å². The quantitative estimate of drug-likeness (QED) is 0.942. The molecule has 0 aromatic carbocycles. The van der Waals surface area contributed by atoms with E-state index in [1.54, 1.807) is 23.0 Å². The van der Waals surface area contributed by atoms with Gasteiger partial charge in [-0.2, -0.15) is 5.10 Å². The number of hydrogen-bond acceptors (Lipinski definition) is 3. The van der Waals surface area contributed by atoms with Crippen molar-refractivity contribution >= 4 is 23.2 Å². The molecule has 1 unspecified atom stereocenters. The molecule has 0 spiro atoms. The molecule has 6 heteroatoms. The average Bonchev–Trinajstić information content (AvgIpc) is 2.71. The molecule has 0 saturated heterocycles. The molecule has 0 radical (unpaired) electrons. The maximum atomic E-state index is 10.4. The molecule has 2 heterocycles. The Morgan fingerprint density at radius 2 is 2.00 bits per heavy atom. The normalized spacial score (nSPS) is 13.0. The highest BCUT2D eigenvalue weighted by Crippen LogP contribution is 2.31. The lowest BCUT2D eigenvalue weighted by atomic mass is 10.1. The van der Waals surface area contributed by atoms with Crippen LogP contribution in [-0.4, -0.2) is 19.9 Å². The Kier molecular flexibility index (Phi) is 3.90. The van der Waals surface area contributed by atoms with Crippen LogP contribution in [0.2, 0.25) is 10.0 Å². The lowest BCUT2D eigenvalue weighted by Crippen LogP contribution is -2.13. The molecule has 0 amide bonds. The fraction of sp³-hybridized carbons (Fsp3) is 0.333. The Labute approximate surface area is 115 Å². The number of pyridine rings is 1. The topological polar surface area (TPSA) is 50.9 Å². The van der Waals surface area contributed by atoms with Crippen molar-refractivity contribution in [3.05, 3.63) is 46.0 Å². The molecule has 18 heavy (non-hydrogen) atoms. The number of rotatable bonds is 3. The van der Waals surface area contributed by atoms with Gasteiger partial charge in [0.05, 0.1) is 27.6 Å². The number of aromatic nitrogens is 3. The second-order valence-corrected chi connectivity index (χ2v) is 5.00. The summed E-state index contributed by atoms with van der Waals surface area (Å²) in [5.74, 6) is 0. The van der Waals surface area contributed by atoms with Gasteiger partial charge in [0.2, 0.25) is 0 Å². The van der Waals surface area contributed by atoms with Crippen molar-refractivity contribution in [2.24, 2.45) is 0 Å². The van der Waals surface area contributed by atoms with Gasteiger partial charge in [-0.05, 0) is 26.0 Å². The third-order valence-electron chi connectivity index (χ3n) is 2.58. The Morgan fingerprint density at radius 1 is 1.28 bits per heavy atom. The first-order valence-electron chi connectivity index (χ1n) is 5.53. The van der Waals surface area contributed by atoms with Gasteiger partial charge in [-0.25, -0.2) is 0 Å². The van der Waals surface area contributed by atoms with Crippen molar-refractivity contribution in [3.63, 3.8) is 0 Å². The van der Waals surface area contributed by atoms with E-state index in [-0.39, 0.29) is 6.04 Å². The van der Waals surface area contributed by atoms with Gasteiger partial charge < -0.3 is 5.11 Å². The maximum absolute atomic E-state index is 10.4. The van der Waals surface area contributed by atoms with Crippen LogP contribution in [0.5, 0.6) is 0 Å². The van der Waals surface area contributed by atoms with Crippen LogP contribution >= 0.6 is 23.2 Å². The van der Waals surface area contributed by atoms with E-state index >= 15 is 0 Å². The van der Waals surface area contributed by atoms with Gasteiger partial charge in [-0.3, -0.25) is 9.67 Å². The van der Waals surface area contributed by atoms with Crippen molar-refractivity contribution < 1.29 is 5.11 Å². The third-order valence-corrected chi connectivity index (χ3v) is 3.19. The minimum atomic E-state index is -0.990. The SMILES string of the molecule is CC(C)n1ncc(Cl)c1C(O)c1ncccc1Cl. The number of halogens is 2. The standard InChI is InChI=1S/C12H13Cl2N3O/c1-7(2)17-11(9(14)6-16-17)12(18)10-8(13)4-3-5-15-10/h3-7,12,18H,1-2H3. The molecule has 96 valence electrons. The summed E-state index contributed by atoms with van der Waals surface area (Å²) in [6.45, 7) is 3.92. The van der Waals surface area contributed by atoms with Crippen LogP contribution in [0.4, 0.5) is 0 Å². The molecule has 0 saturated carbocycles. The molecule has 2 rings (SSSR count). The summed E-state index contributed by atoms with van der Waals surface area (Å²) >= 11 is 12.1. The molecule has 0 aliphatic rings. The molecule has 2 aromatic heterocycles. The largest absolute Gasteiger partial charge is 0.380 e. The molecule has 1 atom stereocenters. The Hall–Kier alpha value is -1.10. The first-order chi connectivity index (χ1) is 8.52. The van der Waals surface area contributed by atoms with Crippen molar-refractivity contribution in [2.45, 2.75) is 26.0 Å². The first-order valence-corrected chi connectivity index (χ1v) is 6.29. The highest BCUT2D eigenvalue weighted by atomic mass is 35.5. The van der Waals surface area contributed by atoms with Crippen molar-refractivity contribution in [1.82, 2.24) is 14.8 Å². The Balaban J connectivity index is 2.49. The smallest absolute Gasteiger partial charge is 0.140 e. The van der Waals surface area contributed by atoms with Crippen LogP contribution in [0.15, 0.2) is 24.5 Å². The maximum Gasteiger partial charge on any atom is 0.140 e. The Bertz CT molecular complexity index is 554. The fourth-order valence-electron chi connectivity index (χ4n) is 1.75. The summed E-state index contributed by atoms with van der Waals surface area (Å²) in [5.41, 5.74) is 0.885. The molecular weight excluding hydrogens is 273 g/mol. The van der Waals surface area contributed by atoms with Gasteiger partial charge in [0.1, 0.15) is 6.10 Å². The van der Waals surface area contributed by atoms with Gasteiger partial charge in [-0.1, -0.05) is 23.2 Å². The number of hydrogen-bond donors (Lipinski definition) is 1. The minimum absolute atomic E-state index is 0.0876. The summed E-state index contributed by atoms with van der Waals surface area (Å²) in [4.78, 5) is 4.09. The predicted molar refractivity (Wildman–Crippen MR) is 70.9 cm³/mol. The molecule has 4 nitrogen and oxygen atoms in total. The van der Waals surface area contributed by atoms with Crippen molar-refractivity contribution in [1.29, 1.82) is 0 Å². The van der Waals surface area contributed by atoms with E-state index in [9.17, 15) is 5.11 Å². The van der Waals surface area contributed by atoms with Gasteiger partial charge >= 0.3 is 0 Å². The second-order valence-electron chi connectivity index (χ2n) is 4.19. The third kappa shape index (κ3) is 2.36. The van der Waals surface area contributed by atoms with Gasteiger partial charge in [-0.15, -0.1) is 0 Å². The molecule has 0 fully saturated rings. The van der Waals surface area contributed by atoms with Crippen LogP contribution in [0.3, 0.4) is 0 Å². The number of aliphatic hydroxyl groups is 1. The molecular formula is C12H13Cl2N3O. The van der Waals surface area contributed by atoms with Crippen molar-refractivity contribution in [2.75, 3.05) is 0 Å². The van der Waals surface area contributed by atoms with Crippen molar-refractivity contribution in [3.8, 4) is 0 Å². The molecule has 0 aliphatic heterocycles. The van der Waals surface area contributed by atoms with E-state index in [1.165, 1.54) is 6.20 Å². The lowest BCUT2D eigenvalue weighted by molar-refractivity contribution is 0.200. The number of nitrogens with zero attached hydrogens (tertiary/aromatic N) is 3. The van der Waals surface area contributed by atoms with Crippen LogP contribution in [0.25, 0.3) is 0 Å². The molecule has 0 aliphatic carbocycles. The molecule has 0 bridgehead atoms. The molecule has 2 aromatic rings. The summed E-state index contributed by atoms with van der Waals surface area (Å²) < 4.78 is 1.66. The minimum Gasteiger partial charge on any atom is -0.380 e.